The summed E-state index contributed by atoms with van der Waals surface area (Å²) in [5.74, 6) is 1.07. The number of aliphatic carboxylic acids is 1. The van der Waals surface area contributed by atoms with E-state index < -0.39 is 11.4 Å². The van der Waals surface area contributed by atoms with Gasteiger partial charge in [0.05, 0.1) is 23.0 Å². The fraction of sp³-hybridized carbons (Fsp3) is 0.297. The van der Waals surface area contributed by atoms with Gasteiger partial charge in [0.15, 0.2) is 0 Å². The first-order chi connectivity index (χ1) is 21.5. The molecule has 45 heavy (non-hydrogen) atoms. The van der Waals surface area contributed by atoms with Crippen molar-refractivity contribution >= 4 is 34.5 Å². The molecule has 1 fully saturated rings. The molecule has 0 aliphatic heterocycles. The molecule has 0 spiro atoms. The summed E-state index contributed by atoms with van der Waals surface area (Å²) in [6.07, 6.45) is 5.14. The van der Waals surface area contributed by atoms with Gasteiger partial charge in [-0.2, -0.15) is 0 Å². The van der Waals surface area contributed by atoms with Crippen LogP contribution in [-0.2, 0) is 23.3 Å². The molecule has 3 heterocycles. The minimum atomic E-state index is -1.03. The molecule has 0 bridgehead atoms. The second-order valence-electron chi connectivity index (χ2n) is 12.5. The number of pyridine rings is 2. The molecule has 1 amide bonds. The fourth-order valence-corrected chi connectivity index (χ4v) is 6.01. The van der Waals surface area contributed by atoms with E-state index in [9.17, 15) is 14.7 Å². The summed E-state index contributed by atoms with van der Waals surface area (Å²) in [5.41, 5.74) is 5.49. The topological polar surface area (TPSA) is 96.5 Å². The molecule has 0 atom stereocenters. The highest BCUT2D eigenvalue weighted by molar-refractivity contribution is 6.31. The number of furan rings is 1. The number of hydrogen-bond acceptors (Lipinski definition) is 5. The van der Waals surface area contributed by atoms with Crippen LogP contribution in [0, 0.1) is 13.8 Å². The number of hydrogen-bond donors (Lipinski definition) is 1. The minimum absolute atomic E-state index is 0.174. The van der Waals surface area contributed by atoms with Gasteiger partial charge >= 0.3 is 5.97 Å². The first kappa shape index (κ1) is 30.5. The molecule has 7 nitrogen and oxygen atoms in total. The third-order valence-electron chi connectivity index (χ3n) is 9.13. The van der Waals surface area contributed by atoms with E-state index in [1.807, 2.05) is 80.6 Å². The maximum atomic E-state index is 14.5. The summed E-state index contributed by atoms with van der Waals surface area (Å²) < 4.78 is 6.25. The van der Waals surface area contributed by atoms with Crippen molar-refractivity contribution in [3.05, 3.63) is 117 Å². The highest BCUT2D eigenvalue weighted by atomic mass is 35.5. The Morgan fingerprint density at radius 2 is 1.78 bits per heavy atom. The second-order valence-corrected chi connectivity index (χ2v) is 12.9. The quantitative estimate of drug-likeness (QED) is 0.177. The normalized spacial score (nSPS) is 13.5. The van der Waals surface area contributed by atoms with E-state index in [0.29, 0.717) is 33.1 Å². The standard InChI is InChI=1S/C37H36ClN3O4/c1-22-23(2)40-31-12-7-17-39-34(31)33(22)35(42)41(21-29-15-16-32(45-29)24-8-5-9-24)20-27-14-13-26(19-30(27)38)25-10-6-11-28(18-25)37(3,4)36(43)44/h6-7,10-19,24H,5,8-9,20-21H2,1-4H3,(H,43,44). The Bertz CT molecular complexity index is 1920. The second kappa shape index (κ2) is 12.1. The smallest absolute Gasteiger partial charge is 0.313 e. The predicted molar refractivity (Wildman–Crippen MR) is 175 cm³/mol. The molecule has 1 saturated carbocycles. The van der Waals surface area contributed by atoms with Crippen LogP contribution in [0.2, 0.25) is 5.02 Å². The average Bonchev–Trinajstić information content (AvgIpc) is 3.44. The predicted octanol–water partition coefficient (Wildman–Crippen LogP) is 8.63. The SMILES string of the molecule is Cc1nc2cccnc2c(C(=O)N(Cc2ccc(C3CCC3)o2)Cc2ccc(-c3cccc(C(C)(C)C(=O)O)c3)cc2Cl)c1C. The monoisotopic (exact) mass is 621 g/mol. The maximum absolute atomic E-state index is 14.5. The summed E-state index contributed by atoms with van der Waals surface area (Å²) in [5, 5.41) is 10.2. The van der Waals surface area contributed by atoms with E-state index in [0.717, 1.165) is 52.3 Å². The van der Waals surface area contributed by atoms with E-state index in [4.69, 9.17) is 16.0 Å². The van der Waals surface area contributed by atoms with E-state index in [-0.39, 0.29) is 19.0 Å². The van der Waals surface area contributed by atoms with Crippen molar-refractivity contribution in [1.82, 2.24) is 14.9 Å². The van der Waals surface area contributed by atoms with E-state index in [1.54, 1.807) is 24.9 Å². The van der Waals surface area contributed by atoms with Crippen molar-refractivity contribution in [1.29, 1.82) is 0 Å². The lowest BCUT2D eigenvalue weighted by Crippen LogP contribution is -2.31. The molecule has 5 aromatic rings. The fourth-order valence-electron chi connectivity index (χ4n) is 5.77. The van der Waals surface area contributed by atoms with Gasteiger partial charge in [0.2, 0.25) is 0 Å². The summed E-state index contributed by atoms with van der Waals surface area (Å²) in [6, 6.07) is 20.9. The lowest BCUT2D eigenvalue weighted by molar-refractivity contribution is -0.142. The molecule has 1 N–H and O–H groups in total. The Labute approximate surface area is 267 Å². The Balaban J connectivity index is 1.35. The molecular weight excluding hydrogens is 586 g/mol. The molecule has 1 aliphatic carbocycles. The molecule has 6 rings (SSSR count). The third-order valence-corrected chi connectivity index (χ3v) is 9.49. The molecule has 0 radical (unpaired) electrons. The molecule has 230 valence electrons. The number of aryl methyl sites for hydroxylation is 1. The van der Waals surface area contributed by atoms with Crippen molar-refractivity contribution in [3.63, 3.8) is 0 Å². The Morgan fingerprint density at radius 1 is 1.00 bits per heavy atom. The van der Waals surface area contributed by atoms with Crippen LogP contribution in [0.3, 0.4) is 0 Å². The van der Waals surface area contributed by atoms with Gasteiger partial charge in [-0.15, -0.1) is 0 Å². The number of rotatable bonds is 9. The third kappa shape index (κ3) is 5.97. The zero-order valence-electron chi connectivity index (χ0n) is 25.9. The highest BCUT2D eigenvalue weighted by Crippen LogP contribution is 2.38. The summed E-state index contributed by atoms with van der Waals surface area (Å²) in [7, 11) is 0. The number of fused-ring (bicyclic) bond motifs is 1. The lowest BCUT2D eigenvalue weighted by atomic mass is 9.83. The van der Waals surface area contributed by atoms with Crippen molar-refractivity contribution < 1.29 is 19.1 Å². The van der Waals surface area contributed by atoms with Gasteiger partial charge in [-0.1, -0.05) is 54.4 Å². The van der Waals surface area contributed by atoms with Crippen LogP contribution in [-0.4, -0.2) is 31.9 Å². The van der Waals surface area contributed by atoms with E-state index in [1.165, 1.54) is 6.42 Å². The van der Waals surface area contributed by atoms with Crippen molar-refractivity contribution in [2.45, 2.75) is 71.4 Å². The Morgan fingerprint density at radius 3 is 2.49 bits per heavy atom. The van der Waals surface area contributed by atoms with Gasteiger partial charge < -0.3 is 14.4 Å². The molecule has 8 heteroatoms. The largest absolute Gasteiger partial charge is 0.481 e. The number of carbonyl (C=O) groups excluding carboxylic acids is 1. The Hall–Kier alpha value is -4.49. The maximum Gasteiger partial charge on any atom is 0.313 e. The van der Waals surface area contributed by atoms with Crippen molar-refractivity contribution in [3.8, 4) is 11.1 Å². The van der Waals surface area contributed by atoms with Crippen LogP contribution in [0.15, 0.2) is 77.3 Å². The molecule has 3 aromatic heterocycles. The highest BCUT2D eigenvalue weighted by Gasteiger charge is 2.30. The number of carboxylic acids is 1. The van der Waals surface area contributed by atoms with Gasteiger partial charge in [-0.25, -0.2) is 0 Å². The number of benzene rings is 2. The average molecular weight is 622 g/mol. The van der Waals surface area contributed by atoms with Crippen LogP contribution < -0.4 is 0 Å². The molecular formula is C37H36ClN3O4. The van der Waals surface area contributed by atoms with Crippen LogP contribution in [0.4, 0.5) is 0 Å². The van der Waals surface area contributed by atoms with Gasteiger partial charge in [0.25, 0.3) is 5.91 Å². The van der Waals surface area contributed by atoms with Crippen molar-refractivity contribution in [2.75, 3.05) is 0 Å². The number of carbonyl (C=O) groups is 2. The van der Waals surface area contributed by atoms with E-state index >= 15 is 0 Å². The van der Waals surface area contributed by atoms with Gasteiger partial charge in [0, 0.05) is 29.4 Å². The number of aromatic nitrogens is 2. The van der Waals surface area contributed by atoms with Gasteiger partial charge in [-0.05, 0) is 98.7 Å². The molecule has 0 saturated heterocycles. The molecule has 0 unspecified atom stereocenters. The minimum Gasteiger partial charge on any atom is -0.481 e. The summed E-state index contributed by atoms with van der Waals surface area (Å²) >= 11 is 6.90. The molecule has 1 aliphatic rings. The van der Waals surface area contributed by atoms with Crippen LogP contribution in [0.5, 0.6) is 0 Å². The van der Waals surface area contributed by atoms with Crippen LogP contribution in [0.25, 0.3) is 22.2 Å². The summed E-state index contributed by atoms with van der Waals surface area (Å²) in [6.45, 7) is 7.71. The number of amides is 1. The number of carboxylic acid groups (broad SMARTS) is 1. The van der Waals surface area contributed by atoms with Gasteiger partial charge in [-0.3, -0.25) is 19.6 Å². The van der Waals surface area contributed by atoms with Crippen molar-refractivity contribution in [2.24, 2.45) is 0 Å². The number of nitrogens with zero attached hydrogens (tertiary/aromatic N) is 3. The summed E-state index contributed by atoms with van der Waals surface area (Å²) in [4.78, 5) is 37.3. The lowest BCUT2D eigenvalue weighted by Gasteiger charge is -2.25. The Kier molecular flexibility index (Phi) is 8.23. The number of halogens is 1. The van der Waals surface area contributed by atoms with Crippen LogP contribution in [0.1, 0.15) is 83.3 Å². The molecule has 2 aromatic carbocycles. The zero-order valence-corrected chi connectivity index (χ0v) is 26.7. The van der Waals surface area contributed by atoms with E-state index in [2.05, 4.69) is 9.97 Å². The first-order valence-electron chi connectivity index (χ1n) is 15.3. The van der Waals surface area contributed by atoms with Gasteiger partial charge in [0.1, 0.15) is 17.0 Å². The first-order valence-corrected chi connectivity index (χ1v) is 15.6. The zero-order chi connectivity index (χ0) is 31.9. The van der Waals surface area contributed by atoms with Crippen LogP contribution >= 0.6 is 11.6 Å².